The SMILES string of the molecule is [B]C(C)N=CC(CN)C(C)(C)C. The number of rotatable bonds is 3. The smallest absolute Gasteiger partial charge is 0.101 e. The fraction of sp³-hybridized carbons (Fsp3) is 0.889. The molecular formula is C9H19BN2. The van der Waals surface area contributed by atoms with Crippen LogP contribution in [0.5, 0.6) is 0 Å². The van der Waals surface area contributed by atoms with E-state index in [9.17, 15) is 0 Å². The van der Waals surface area contributed by atoms with Crippen molar-refractivity contribution in [1.82, 2.24) is 0 Å². The predicted molar refractivity (Wildman–Crippen MR) is 55.7 cm³/mol. The van der Waals surface area contributed by atoms with Gasteiger partial charge in [0.1, 0.15) is 7.85 Å². The second-order valence-electron chi connectivity index (χ2n) is 4.25. The zero-order chi connectivity index (χ0) is 9.78. The molecule has 0 heterocycles. The Morgan fingerprint density at radius 3 is 2.25 bits per heavy atom. The lowest BCUT2D eigenvalue weighted by molar-refractivity contribution is 0.323. The molecule has 0 aromatic heterocycles. The van der Waals surface area contributed by atoms with Crippen LogP contribution in [0.3, 0.4) is 0 Å². The number of nitrogens with two attached hydrogens (primary N) is 1. The van der Waals surface area contributed by atoms with E-state index in [1.165, 1.54) is 0 Å². The molecule has 0 fully saturated rings. The van der Waals surface area contributed by atoms with Gasteiger partial charge >= 0.3 is 0 Å². The monoisotopic (exact) mass is 166 g/mol. The predicted octanol–water partition coefficient (Wildman–Crippen LogP) is 1.19. The fourth-order valence-corrected chi connectivity index (χ4v) is 0.878. The third-order valence-corrected chi connectivity index (χ3v) is 1.87. The van der Waals surface area contributed by atoms with Crippen molar-refractivity contribution in [3.63, 3.8) is 0 Å². The molecule has 0 spiro atoms. The maximum atomic E-state index is 5.61. The quantitative estimate of drug-likeness (QED) is 0.496. The van der Waals surface area contributed by atoms with Gasteiger partial charge in [0.25, 0.3) is 0 Å². The lowest BCUT2D eigenvalue weighted by atomic mass is 9.81. The molecule has 12 heavy (non-hydrogen) atoms. The van der Waals surface area contributed by atoms with E-state index in [0.717, 1.165) is 0 Å². The van der Waals surface area contributed by atoms with Gasteiger partial charge in [0, 0.05) is 24.6 Å². The molecule has 0 amide bonds. The average Bonchev–Trinajstić information content (AvgIpc) is 1.85. The van der Waals surface area contributed by atoms with Crippen molar-refractivity contribution in [3.8, 4) is 0 Å². The Bertz CT molecular complexity index is 147. The molecule has 2 radical (unpaired) electrons. The van der Waals surface area contributed by atoms with Crippen LogP contribution in [0, 0.1) is 11.3 Å². The Hall–Kier alpha value is -0.305. The van der Waals surface area contributed by atoms with Crippen LogP contribution >= 0.6 is 0 Å². The first-order chi connectivity index (χ1) is 5.38. The molecule has 0 bridgehead atoms. The third kappa shape index (κ3) is 4.55. The molecule has 2 unspecified atom stereocenters. The van der Waals surface area contributed by atoms with Crippen LogP contribution in [-0.4, -0.2) is 26.5 Å². The molecule has 0 aliphatic carbocycles. The van der Waals surface area contributed by atoms with Crippen molar-refractivity contribution in [1.29, 1.82) is 0 Å². The number of aliphatic imine (C=N–C) groups is 1. The van der Waals surface area contributed by atoms with Gasteiger partial charge in [-0.15, -0.1) is 0 Å². The summed E-state index contributed by atoms with van der Waals surface area (Å²) in [6.07, 6.45) is 1.88. The summed E-state index contributed by atoms with van der Waals surface area (Å²) < 4.78 is 0. The van der Waals surface area contributed by atoms with Crippen LogP contribution in [0.1, 0.15) is 27.7 Å². The van der Waals surface area contributed by atoms with Crippen molar-refractivity contribution < 1.29 is 0 Å². The summed E-state index contributed by atoms with van der Waals surface area (Å²) in [5.74, 6) is 0.185. The van der Waals surface area contributed by atoms with E-state index < -0.39 is 0 Å². The molecule has 68 valence electrons. The first kappa shape index (κ1) is 11.7. The summed E-state index contributed by atoms with van der Waals surface area (Å²) >= 11 is 0. The third-order valence-electron chi connectivity index (χ3n) is 1.87. The summed E-state index contributed by atoms with van der Waals surface area (Å²) in [4.78, 5) is 4.13. The van der Waals surface area contributed by atoms with Gasteiger partial charge in [0.15, 0.2) is 0 Å². The van der Waals surface area contributed by atoms with E-state index in [-0.39, 0.29) is 11.4 Å². The Morgan fingerprint density at radius 2 is 2.00 bits per heavy atom. The maximum absolute atomic E-state index is 5.61. The second-order valence-corrected chi connectivity index (χ2v) is 4.25. The first-order valence-electron chi connectivity index (χ1n) is 4.37. The highest BCUT2D eigenvalue weighted by atomic mass is 14.7. The minimum atomic E-state index is -0.124. The molecule has 0 aliphatic rings. The molecule has 2 atom stereocenters. The molecule has 0 aromatic carbocycles. The molecule has 0 aliphatic heterocycles. The van der Waals surface area contributed by atoms with Crippen LogP contribution in [0.15, 0.2) is 4.99 Å². The summed E-state index contributed by atoms with van der Waals surface area (Å²) in [7, 11) is 5.50. The highest BCUT2D eigenvalue weighted by Crippen LogP contribution is 2.23. The second kappa shape index (κ2) is 4.66. The van der Waals surface area contributed by atoms with Gasteiger partial charge < -0.3 is 10.7 Å². The molecule has 0 aromatic rings. The van der Waals surface area contributed by atoms with Crippen LogP contribution in [0.2, 0.25) is 0 Å². The van der Waals surface area contributed by atoms with Gasteiger partial charge in [-0.1, -0.05) is 27.7 Å². The zero-order valence-corrected chi connectivity index (χ0v) is 8.54. The van der Waals surface area contributed by atoms with E-state index in [0.29, 0.717) is 12.5 Å². The Morgan fingerprint density at radius 1 is 1.50 bits per heavy atom. The van der Waals surface area contributed by atoms with Gasteiger partial charge in [0.2, 0.25) is 0 Å². The molecule has 2 N–H and O–H groups in total. The van der Waals surface area contributed by atoms with Crippen LogP contribution in [-0.2, 0) is 0 Å². The lowest BCUT2D eigenvalue weighted by Crippen LogP contribution is -2.29. The van der Waals surface area contributed by atoms with E-state index in [1.54, 1.807) is 0 Å². The number of hydrogen-bond donors (Lipinski definition) is 1. The van der Waals surface area contributed by atoms with E-state index in [4.69, 9.17) is 13.6 Å². The summed E-state index contributed by atoms with van der Waals surface area (Å²) in [6, 6.07) is 0. The van der Waals surface area contributed by atoms with Gasteiger partial charge in [0.05, 0.1) is 0 Å². The van der Waals surface area contributed by atoms with E-state index in [2.05, 4.69) is 25.8 Å². The number of nitrogens with zero attached hydrogens (tertiary/aromatic N) is 1. The molecular weight excluding hydrogens is 147 g/mol. The van der Waals surface area contributed by atoms with Crippen LogP contribution < -0.4 is 5.73 Å². The normalized spacial score (nSPS) is 18.1. The van der Waals surface area contributed by atoms with Crippen molar-refractivity contribution >= 4 is 14.1 Å². The molecule has 2 nitrogen and oxygen atoms in total. The Balaban J connectivity index is 4.18. The maximum Gasteiger partial charge on any atom is 0.101 e. The van der Waals surface area contributed by atoms with E-state index in [1.807, 2.05) is 13.1 Å². The molecule has 0 rings (SSSR count). The van der Waals surface area contributed by atoms with Crippen molar-refractivity contribution in [2.24, 2.45) is 22.1 Å². The van der Waals surface area contributed by atoms with Crippen LogP contribution in [0.25, 0.3) is 0 Å². The average molecular weight is 166 g/mol. The van der Waals surface area contributed by atoms with E-state index >= 15 is 0 Å². The van der Waals surface area contributed by atoms with Gasteiger partial charge in [-0.05, 0) is 5.41 Å². The standard InChI is InChI=1S/C9H19BN2/c1-7(10)12-6-8(5-11)9(2,3)4/h6-8H,5,11H2,1-4H3. The fourth-order valence-electron chi connectivity index (χ4n) is 0.878. The lowest BCUT2D eigenvalue weighted by Gasteiger charge is -2.26. The zero-order valence-electron chi connectivity index (χ0n) is 8.54. The molecule has 0 saturated heterocycles. The van der Waals surface area contributed by atoms with Crippen molar-refractivity contribution in [2.45, 2.75) is 33.6 Å². The summed E-state index contributed by atoms with van der Waals surface area (Å²) in [5, 5.41) is 0. The summed E-state index contributed by atoms with van der Waals surface area (Å²) in [6.45, 7) is 8.93. The highest BCUT2D eigenvalue weighted by Gasteiger charge is 2.20. The van der Waals surface area contributed by atoms with Gasteiger partial charge in [-0.2, -0.15) is 0 Å². The van der Waals surface area contributed by atoms with Crippen molar-refractivity contribution in [2.75, 3.05) is 6.54 Å². The van der Waals surface area contributed by atoms with Crippen molar-refractivity contribution in [3.05, 3.63) is 0 Å². The minimum absolute atomic E-state index is 0.124. The molecule has 0 saturated carbocycles. The molecule has 3 heteroatoms. The number of hydrogen-bond acceptors (Lipinski definition) is 2. The Labute approximate surface area is 77.0 Å². The summed E-state index contributed by atoms with van der Waals surface area (Å²) in [5.41, 5.74) is 5.79. The minimum Gasteiger partial charge on any atom is -0.330 e. The van der Waals surface area contributed by atoms with Gasteiger partial charge in [-0.3, -0.25) is 0 Å². The Kier molecular flexibility index (Phi) is 4.54. The highest BCUT2D eigenvalue weighted by molar-refractivity contribution is 6.11. The van der Waals surface area contributed by atoms with Gasteiger partial charge in [-0.25, -0.2) is 0 Å². The first-order valence-corrected chi connectivity index (χ1v) is 4.37. The van der Waals surface area contributed by atoms with Crippen LogP contribution in [0.4, 0.5) is 0 Å². The topological polar surface area (TPSA) is 38.4 Å². The largest absolute Gasteiger partial charge is 0.330 e.